The molecule has 1 aliphatic carbocycles. The van der Waals surface area contributed by atoms with E-state index in [1.54, 1.807) is 0 Å². The third kappa shape index (κ3) is 5.42. The Labute approximate surface area is 206 Å². The van der Waals surface area contributed by atoms with E-state index in [1.807, 2.05) is 0 Å². The van der Waals surface area contributed by atoms with Crippen LogP contribution >= 0.6 is 0 Å². The minimum absolute atomic E-state index is 0.116. The van der Waals surface area contributed by atoms with Crippen LogP contribution in [0.4, 0.5) is 31.1 Å². The number of aromatic amines is 1. The lowest BCUT2D eigenvalue weighted by molar-refractivity contribution is -0.140. The number of benzene rings is 2. The Morgan fingerprint density at radius 1 is 1.11 bits per heavy atom. The zero-order valence-electron chi connectivity index (χ0n) is 19.1. The zero-order valence-corrected chi connectivity index (χ0v) is 19.1. The highest BCUT2D eigenvalue weighted by Crippen LogP contribution is 2.46. The van der Waals surface area contributed by atoms with Gasteiger partial charge < -0.3 is 19.6 Å². The van der Waals surface area contributed by atoms with Crippen molar-refractivity contribution in [3.8, 4) is 11.3 Å². The second-order valence-electron chi connectivity index (χ2n) is 8.93. The maximum absolute atomic E-state index is 14.5. The molecule has 2 N–H and O–H groups in total. The van der Waals surface area contributed by atoms with Gasteiger partial charge in [-0.2, -0.15) is 13.2 Å². The number of nitrogens with zero attached hydrogens (tertiary/aromatic N) is 2. The highest BCUT2D eigenvalue weighted by Gasteiger charge is 2.37. The summed E-state index contributed by atoms with van der Waals surface area (Å²) in [5.74, 6) is -2.12. The van der Waals surface area contributed by atoms with Crippen LogP contribution in [-0.4, -0.2) is 32.9 Å². The van der Waals surface area contributed by atoms with Crippen LogP contribution in [0.2, 0.25) is 0 Å². The third-order valence-electron chi connectivity index (χ3n) is 6.24. The van der Waals surface area contributed by atoms with E-state index >= 15 is 0 Å². The predicted octanol–water partition coefficient (Wildman–Crippen LogP) is 6.18. The smallest absolute Gasteiger partial charge is 0.407 e. The van der Waals surface area contributed by atoms with E-state index in [-0.39, 0.29) is 23.7 Å². The van der Waals surface area contributed by atoms with Gasteiger partial charge in [-0.3, -0.25) is 0 Å². The van der Waals surface area contributed by atoms with Crippen molar-refractivity contribution in [1.29, 1.82) is 0 Å². The fourth-order valence-corrected chi connectivity index (χ4v) is 4.55. The van der Waals surface area contributed by atoms with Crippen LogP contribution in [0.25, 0.3) is 22.2 Å². The van der Waals surface area contributed by atoms with Gasteiger partial charge in [-0.25, -0.2) is 22.9 Å². The van der Waals surface area contributed by atoms with Crippen LogP contribution in [0.5, 0.6) is 0 Å². The predicted molar refractivity (Wildman–Crippen MR) is 121 cm³/mol. The van der Waals surface area contributed by atoms with Crippen molar-refractivity contribution in [2.24, 2.45) is 0 Å². The first-order chi connectivity index (χ1) is 17.6. The molecule has 0 saturated heterocycles. The molecule has 2 heterocycles. The highest BCUT2D eigenvalue weighted by atomic mass is 19.4. The summed E-state index contributed by atoms with van der Waals surface area (Å²) in [5.41, 5.74) is 2.14. The summed E-state index contributed by atoms with van der Waals surface area (Å²) in [7, 11) is 0. The molecule has 12 heteroatoms. The second kappa shape index (κ2) is 9.49. The fraction of sp³-hybridized carbons (Fsp3) is 0.280. The minimum Gasteiger partial charge on any atom is -0.446 e. The monoisotopic (exact) mass is 522 g/mol. The number of imidazole rings is 1. The molecule has 6 nitrogen and oxygen atoms in total. The molecular weight excluding hydrogens is 502 g/mol. The molecule has 5 rings (SSSR count). The first-order valence-electron chi connectivity index (χ1n) is 11.3. The molecule has 0 atom stereocenters. The molecule has 0 bridgehead atoms. The lowest BCUT2D eigenvalue weighted by Gasteiger charge is -2.35. The number of nitrogens with one attached hydrogen (secondary N) is 2. The topological polar surface area (TPSA) is 71.9 Å². The van der Waals surface area contributed by atoms with Crippen molar-refractivity contribution in [2.45, 2.75) is 44.1 Å². The van der Waals surface area contributed by atoms with Gasteiger partial charge in [0.25, 0.3) is 0 Å². The van der Waals surface area contributed by atoms with Gasteiger partial charge in [0.1, 0.15) is 30.1 Å². The largest absolute Gasteiger partial charge is 0.446 e. The van der Waals surface area contributed by atoms with Crippen molar-refractivity contribution in [3.63, 3.8) is 0 Å². The number of aromatic nitrogens is 3. The lowest BCUT2D eigenvalue weighted by Crippen LogP contribution is -2.36. The van der Waals surface area contributed by atoms with Crippen molar-refractivity contribution in [1.82, 2.24) is 19.9 Å². The molecule has 194 valence electrons. The average Bonchev–Trinajstić information content (AvgIpc) is 3.38. The van der Waals surface area contributed by atoms with E-state index in [0.29, 0.717) is 35.0 Å². The summed E-state index contributed by atoms with van der Waals surface area (Å²) < 4.78 is 85.6. The number of fused-ring (bicyclic) bond motifs is 1. The summed E-state index contributed by atoms with van der Waals surface area (Å²) >= 11 is 0. The number of H-pyrrole nitrogens is 1. The normalized spacial score (nSPS) is 17.6. The second-order valence-corrected chi connectivity index (χ2v) is 8.93. The van der Waals surface area contributed by atoms with Crippen LogP contribution in [0.15, 0.2) is 48.9 Å². The summed E-state index contributed by atoms with van der Waals surface area (Å²) in [4.78, 5) is 19.0. The van der Waals surface area contributed by atoms with Gasteiger partial charge in [-0.1, -0.05) is 0 Å². The molecule has 0 aliphatic heterocycles. The summed E-state index contributed by atoms with van der Waals surface area (Å²) in [6.07, 6.45) is -2.65. The zero-order chi connectivity index (χ0) is 26.3. The van der Waals surface area contributed by atoms with Crippen LogP contribution in [-0.2, 0) is 17.8 Å². The molecule has 1 saturated carbocycles. The fourth-order valence-electron chi connectivity index (χ4n) is 4.55. The van der Waals surface area contributed by atoms with Crippen molar-refractivity contribution in [3.05, 3.63) is 77.6 Å². The van der Waals surface area contributed by atoms with E-state index < -0.39 is 42.4 Å². The first-order valence-corrected chi connectivity index (χ1v) is 11.3. The molecule has 0 radical (unpaired) electrons. The highest BCUT2D eigenvalue weighted by molar-refractivity contribution is 5.92. The standard InChI is InChI=1S/C25H20F6N4O2/c26-15-3-1-13(2-4-15)22-21(19-7-16(27)8-20(28)23(19)34-22)14-5-18(6-14)37-24(36)32-9-17-10-35(12-33-17)11-25(29,30)31/h1-4,7-8,10,12,14,18,34H,5-6,9,11H2,(H,32,36). The number of hydrogen-bond acceptors (Lipinski definition) is 3. The summed E-state index contributed by atoms with van der Waals surface area (Å²) in [5, 5.41) is 2.81. The van der Waals surface area contributed by atoms with Crippen LogP contribution in [0.3, 0.4) is 0 Å². The Kier molecular flexibility index (Phi) is 6.34. The van der Waals surface area contributed by atoms with E-state index in [9.17, 15) is 31.1 Å². The Bertz CT molecular complexity index is 1440. The van der Waals surface area contributed by atoms with Crippen molar-refractivity contribution >= 4 is 17.0 Å². The first kappa shape index (κ1) is 24.7. The number of rotatable bonds is 6. The number of carbonyl (C=O) groups is 1. The van der Waals surface area contributed by atoms with E-state index in [4.69, 9.17) is 4.74 Å². The van der Waals surface area contributed by atoms with E-state index in [0.717, 1.165) is 17.0 Å². The molecule has 4 aromatic rings. The maximum atomic E-state index is 14.5. The minimum atomic E-state index is -4.38. The lowest BCUT2D eigenvalue weighted by atomic mass is 9.75. The van der Waals surface area contributed by atoms with Gasteiger partial charge in [0, 0.05) is 17.6 Å². The van der Waals surface area contributed by atoms with Gasteiger partial charge in [-0.15, -0.1) is 0 Å². The van der Waals surface area contributed by atoms with Crippen molar-refractivity contribution in [2.75, 3.05) is 0 Å². The number of amides is 1. The van der Waals surface area contributed by atoms with Crippen molar-refractivity contribution < 1.29 is 35.9 Å². The molecule has 0 spiro atoms. The molecule has 37 heavy (non-hydrogen) atoms. The van der Waals surface area contributed by atoms with E-state index in [1.165, 1.54) is 36.5 Å². The van der Waals surface area contributed by atoms with Gasteiger partial charge in [0.05, 0.1) is 29.8 Å². The number of alkyl carbamates (subject to hydrolysis) is 1. The third-order valence-corrected chi connectivity index (χ3v) is 6.24. The Balaban J connectivity index is 1.25. The number of hydrogen-bond donors (Lipinski definition) is 2. The number of carbonyl (C=O) groups excluding carboxylic acids is 1. The molecule has 0 unspecified atom stereocenters. The summed E-state index contributed by atoms with van der Waals surface area (Å²) in [6, 6.07) is 7.62. The number of ether oxygens (including phenoxy) is 1. The number of alkyl halides is 3. The summed E-state index contributed by atoms with van der Waals surface area (Å²) in [6.45, 7) is -1.30. The Hall–Kier alpha value is -3.96. The van der Waals surface area contributed by atoms with E-state index in [2.05, 4.69) is 15.3 Å². The van der Waals surface area contributed by atoms with Crippen LogP contribution in [0, 0.1) is 17.5 Å². The quantitative estimate of drug-likeness (QED) is 0.297. The van der Waals surface area contributed by atoms with Crippen LogP contribution in [0.1, 0.15) is 30.0 Å². The van der Waals surface area contributed by atoms with Gasteiger partial charge in [0.2, 0.25) is 0 Å². The van der Waals surface area contributed by atoms with Gasteiger partial charge >= 0.3 is 12.3 Å². The molecule has 1 fully saturated rings. The Morgan fingerprint density at radius 2 is 1.84 bits per heavy atom. The number of halogens is 6. The molecule has 1 aliphatic rings. The van der Waals surface area contributed by atoms with Gasteiger partial charge in [-0.05, 0) is 60.2 Å². The Morgan fingerprint density at radius 3 is 2.54 bits per heavy atom. The molecule has 1 amide bonds. The molecule has 2 aromatic carbocycles. The van der Waals surface area contributed by atoms with Gasteiger partial charge in [0.15, 0.2) is 0 Å². The maximum Gasteiger partial charge on any atom is 0.407 e. The molecule has 2 aromatic heterocycles. The molecular formula is C25H20F6N4O2. The SMILES string of the molecule is O=C(NCc1cn(CC(F)(F)F)cn1)OC1CC(c2c(-c3ccc(F)cc3)[nH]c3c(F)cc(F)cc23)C1. The average molecular weight is 522 g/mol. The van der Waals surface area contributed by atoms with Crippen LogP contribution < -0.4 is 5.32 Å².